The highest BCUT2D eigenvalue weighted by Crippen LogP contribution is 2.28. The van der Waals surface area contributed by atoms with Crippen LogP contribution in [-0.2, 0) is 0 Å². The molecule has 1 heterocycles. The molecule has 1 amide bonds. The first-order valence-electron chi connectivity index (χ1n) is 6.00. The van der Waals surface area contributed by atoms with Crippen molar-refractivity contribution in [2.75, 3.05) is 6.61 Å². The van der Waals surface area contributed by atoms with Crippen LogP contribution in [0.3, 0.4) is 0 Å². The van der Waals surface area contributed by atoms with E-state index in [1.165, 1.54) is 12.8 Å². The molecule has 2 rings (SSSR count). The lowest BCUT2D eigenvalue weighted by molar-refractivity contribution is 0.0732. The molecule has 0 spiro atoms. The van der Waals surface area contributed by atoms with Crippen molar-refractivity contribution in [3.05, 3.63) is 17.8 Å². The summed E-state index contributed by atoms with van der Waals surface area (Å²) in [5, 5.41) is 12.4. The van der Waals surface area contributed by atoms with Crippen molar-refractivity contribution >= 4 is 5.91 Å². The molecule has 0 atom stereocenters. The Morgan fingerprint density at radius 1 is 1.53 bits per heavy atom. The molecule has 1 aliphatic carbocycles. The molecule has 0 saturated heterocycles. The molecule has 0 radical (unpaired) electrons. The highest BCUT2D eigenvalue weighted by molar-refractivity contribution is 5.92. The Bertz CT molecular complexity index is 394. The van der Waals surface area contributed by atoms with Crippen LogP contribution in [0.5, 0.6) is 0 Å². The van der Waals surface area contributed by atoms with Gasteiger partial charge in [-0.25, -0.2) is 4.98 Å². The maximum Gasteiger partial charge on any atom is 0.289 e. The van der Waals surface area contributed by atoms with Gasteiger partial charge in [-0.3, -0.25) is 4.79 Å². The summed E-state index contributed by atoms with van der Waals surface area (Å²) in [7, 11) is 0. The second kappa shape index (κ2) is 4.87. The molecular formula is C12H18N2O3. The number of amides is 1. The maximum absolute atomic E-state index is 12.0. The number of carbonyl (C=O) groups is 1. The lowest BCUT2D eigenvalue weighted by Gasteiger charge is -2.36. The number of aryl methyl sites for hydroxylation is 1. The van der Waals surface area contributed by atoms with Gasteiger partial charge in [0.1, 0.15) is 0 Å². The molecule has 1 aliphatic rings. The molecule has 0 aliphatic heterocycles. The fraction of sp³-hybridized carbons (Fsp3) is 0.667. The van der Waals surface area contributed by atoms with Crippen LogP contribution >= 0.6 is 0 Å². The highest BCUT2D eigenvalue weighted by Gasteiger charge is 2.34. The molecule has 94 valence electrons. The quantitative estimate of drug-likeness (QED) is 0.834. The van der Waals surface area contributed by atoms with Gasteiger partial charge < -0.3 is 14.8 Å². The first-order chi connectivity index (χ1) is 8.17. The number of hydrogen-bond acceptors (Lipinski definition) is 4. The van der Waals surface area contributed by atoms with E-state index in [4.69, 9.17) is 4.42 Å². The van der Waals surface area contributed by atoms with E-state index in [2.05, 4.69) is 10.3 Å². The summed E-state index contributed by atoms with van der Waals surface area (Å²) in [6.07, 6.45) is 6.15. The summed E-state index contributed by atoms with van der Waals surface area (Å²) in [4.78, 5) is 15.9. The molecular weight excluding hydrogens is 220 g/mol. The Morgan fingerprint density at radius 3 is 2.76 bits per heavy atom. The van der Waals surface area contributed by atoms with Gasteiger partial charge in [0.25, 0.3) is 5.91 Å². The smallest absolute Gasteiger partial charge is 0.289 e. The Hall–Kier alpha value is -1.36. The number of hydrogen-bond donors (Lipinski definition) is 2. The van der Waals surface area contributed by atoms with Gasteiger partial charge in [-0.2, -0.15) is 0 Å². The number of aliphatic hydroxyl groups excluding tert-OH is 1. The van der Waals surface area contributed by atoms with Crippen molar-refractivity contribution in [1.29, 1.82) is 0 Å². The number of rotatable bonds is 3. The topological polar surface area (TPSA) is 75.4 Å². The Labute approximate surface area is 100 Å². The van der Waals surface area contributed by atoms with Crippen molar-refractivity contribution in [1.82, 2.24) is 10.3 Å². The van der Waals surface area contributed by atoms with Crippen LogP contribution in [0.1, 0.15) is 48.4 Å². The Morgan fingerprint density at radius 2 is 2.24 bits per heavy atom. The first kappa shape index (κ1) is 12.1. The third-order valence-electron chi connectivity index (χ3n) is 3.44. The molecule has 5 nitrogen and oxygen atoms in total. The minimum atomic E-state index is -0.478. The number of aliphatic hydroxyl groups is 1. The average molecular weight is 238 g/mol. The van der Waals surface area contributed by atoms with Gasteiger partial charge >= 0.3 is 0 Å². The standard InChI is InChI=1S/C12H18N2O3/c1-9-10(17-8-13-9)11(16)14-12(7-15)5-3-2-4-6-12/h8,15H,2-7H2,1H3,(H,14,16). The van der Waals surface area contributed by atoms with Gasteiger partial charge in [0.2, 0.25) is 5.76 Å². The fourth-order valence-corrected chi connectivity index (χ4v) is 2.37. The van der Waals surface area contributed by atoms with Crippen molar-refractivity contribution in [3.63, 3.8) is 0 Å². The molecule has 1 fully saturated rings. The van der Waals surface area contributed by atoms with Crippen molar-refractivity contribution in [2.45, 2.75) is 44.6 Å². The van der Waals surface area contributed by atoms with E-state index in [1.54, 1.807) is 6.92 Å². The van der Waals surface area contributed by atoms with E-state index < -0.39 is 5.54 Å². The number of carbonyl (C=O) groups excluding carboxylic acids is 1. The van der Waals surface area contributed by atoms with Crippen LogP contribution in [0.4, 0.5) is 0 Å². The van der Waals surface area contributed by atoms with Crippen LogP contribution in [0.15, 0.2) is 10.8 Å². The molecule has 1 aromatic heterocycles. The molecule has 0 aromatic carbocycles. The van der Waals surface area contributed by atoms with E-state index in [0.717, 1.165) is 25.7 Å². The molecule has 2 N–H and O–H groups in total. The van der Waals surface area contributed by atoms with Crippen molar-refractivity contribution in [3.8, 4) is 0 Å². The number of nitrogens with one attached hydrogen (secondary N) is 1. The second-order valence-electron chi connectivity index (χ2n) is 4.72. The number of aromatic nitrogens is 1. The normalized spacial score (nSPS) is 18.9. The SMILES string of the molecule is Cc1ncoc1C(=O)NC1(CO)CCCCC1. The summed E-state index contributed by atoms with van der Waals surface area (Å²) in [6.45, 7) is 1.71. The van der Waals surface area contributed by atoms with Gasteiger partial charge in [0.05, 0.1) is 17.8 Å². The van der Waals surface area contributed by atoms with E-state index in [9.17, 15) is 9.90 Å². The minimum Gasteiger partial charge on any atom is -0.438 e. The van der Waals surface area contributed by atoms with Crippen LogP contribution in [0.25, 0.3) is 0 Å². The van der Waals surface area contributed by atoms with E-state index in [-0.39, 0.29) is 18.3 Å². The number of oxazole rings is 1. The van der Waals surface area contributed by atoms with E-state index >= 15 is 0 Å². The summed E-state index contributed by atoms with van der Waals surface area (Å²) in [5.74, 6) is -0.0423. The van der Waals surface area contributed by atoms with Crippen LogP contribution in [-0.4, -0.2) is 28.1 Å². The van der Waals surface area contributed by atoms with Crippen LogP contribution < -0.4 is 5.32 Å². The van der Waals surface area contributed by atoms with E-state index in [1.807, 2.05) is 0 Å². The number of nitrogens with zero attached hydrogens (tertiary/aromatic N) is 1. The second-order valence-corrected chi connectivity index (χ2v) is 4.72. The molecule has 0 unspecified atom stereocenters. The molecule has 1 aromatic rings. The molecule has 0 bridgehead atoms. The average Bonchev–Trinajstić information content (AvgIpc) is 2.77. The van der Waals surface area contributed by atoms with Gasteiger partial charge in [0.15, 0.2) is 6.39 Å². The third kappa shape index (κ3) is 2.49. The summed E-state index contributed by atoms with van der Waals surface area (Å²) < 4.78 is 5.05. The van der Waals surface area contributed by atoms with Crippen molar-refractivity contribution in [2.24, 2.45) is 0 Å². The van der Waals surface area contributed by atoms with Crippen LogP contribution in [0.2, 0.25) is 0 Å². The third-order valence-corrected chi connectivity index (χ3v) is 3.44. The predicted octanol–water partition coefficient (Wildman–Crippen LogP) is 1.41. The molecule has 1 saturated carbocycles. The highest BCUT2D eigenvalue weighted by atomic mass is 16.3. The Balaban J connectivity index is 2.08. The largest absolute Gasteiger partial charge is 0.438 e. The van der Waals surface area contributed by atoms with E-state index in [0.29, 0.717) is 5.69 Å². The first-order valence-corrected chi connectivity index (χ1v) is 6.00. The summed E-state index contributed by atoms with van der Waals surface area (Å²) in [5.41, 5.74) is 0.0978. The van der Waals surface area contributed by atoms with Gasteiger partial charge in [-0.15, -0.1) is 0 Å². The molecule has 17 heavy (non-hydrogen) atoms. The van der Waals surface area contributed by atoms with Gasteiger partial charge in [0, 0.05) is 0 Å². The summed E-state index contributed by atoms with van der Waals surface area (Å²) >= 11 is 0. The monoisotopic (exact) mass is 238 g/mol. The van der Waals surface area contributed by atoms with Crippen LogP contribution in [0, 0.1) is 6.92 Å². The zero-order chi connectivity index (χ0) is 12.3. The Kier molecular flexibility index (Phi) is 3.47. The minimum absolute atomic E-state index is 0.0219. The predicted molar refractivity (Wildman–Crippen MR) is 61.6 cm³/mol. The summed E-state index contributed by atoms with van der Waals surface area (Å²) in [6, 6.07) is 0. The van der Waals surface area contributed by atoms with Gasteiger partial charge in [-0.05, 0) is 19.8 Å². The zero-order valence-corrected chi connectivity index (χ0v) is 10.0. The maximum atomic E-state index is 12.0. The molecule has 5 heteroatoms. The van der Waals surface area contributed by atoms with Gasteiger partial charge in [-0.1, -0.05) is 19.3 Å². The lowest BCUT2D eigenvalue weighted by Crippen LogP contribution is -2.52. The van der Waals surface area contributed by atoms with Crippen molar-refractivity contribution < 1.29 is 14.3 Å². The lowest BCUT2D eigenvalue weighted by atomic mass is 9.82. The zero-order valence-electron chi connectivity index (χ0n) is 10.0. The fourth-order valence-electron chi connectivity index (χ4n) is 2.37.